The van der Waals surface area contributed by atoms with Gasteiger partial charge in [-0.15, -0.1) is 0 Å². The smallest absolute Gasteiger partial charge is 0.340 e. The van der Waals surface area contributed by atoms with Crippen LogP contribution >= 0.6 is 0 Å². The molecule has 0 saturated carbocycles. The first kappa shape index (κ1) is 25.9. The van der Waals surface area contributed by atoms with Crippen molar-refractivity contribution in [3.05, 3.63) is 113 Å². The van der Waals surface area contributed by atoms with Gasteiger partial charge in [0.15, 0.2) is 5.60 Å². The number of anilines is 3. The van der Waals surface area contributed by atoms with E-state index in [2.05, 4.69) is 31.4 Å². The van der Waals surface area contributed by atoms with Gasteiger partial charge in [0.25, 0.3) is 0 Å². The van der Waals surface area contributed by atoms with E-state index in [4.69, 9.17) is 9.47 Å². The Morgan fingerprint density at radius 3 is 2.30 bits per heavy atom. The molecule has 2 N–H and O–H groups in total. The molecule has 2 aliphatic heterocycles. The molecule has 204 valence electrons. The van der Waals surface area contributed by atoms with Crippen molar-refractivity contribution >= 4 is 23.0 Å². The highest BCUT2D eigenvalue weighted by Gasteiger charge is 2.54. The van der Waals surface area contributed by atoms with E-state index >= 15 is 0 Å². The molecule has 4 aromatic rings. The van der Waals surface area contributed by atoms with Crippen LogP contribution in [0.3, 0.4) is 0 Å². The number of halogens is 1. The molecule has 0 bridgehead atoms. The summed E-state index contributed by atoms with van der Waals surface area (Å²) in [6, 6.07) is 25.5. The Kier molecular flexibility index (Phi) is 6.49. The maximum absolute atomic E-state index is 14.5. The second kappa shape index (κ2) is 10.0. The van der Waals surface area contributed by atoms with Crippen LogP contribution in [0.4, 0.5) is 21.5 Å². The summed E-state index contributed by atoms with van der Waals surface area (Å²) in [6.07, 6.45) is 3.15. The average molecular weight is 537 g/mol. The molecule has 5 nitrogen and oxygen atoms in total. The third-order valence-corrected chi connectivity index (χ3v) is 8.79. The standard InChI is InChI=1S/C34H33FN2O3/c1-4-33(5-2,6-3)21-36-28-16-11-17-30-31(28)34(24-13-8-7-12-23(24)32(38)40-34)25-20-22(18-19-29(25)39-30)37-27-15-10-9-14-26(27)35/h7-20,36-37H,4-6,21H2,1-3H3. The van der Waals surface area contributed by atoms with E-state index in [0.29, 0.717) is 34.0 Å². The number of hydrogen-bond donors (Lipinski definition) is 2. The quantitative estimate of drug-likeness (QED) is 0.220. The van der Waals surface area contributed by atoms with Gasteiger partial charge in [-0.2, -0.15) is 0 Å². The summed E-state index contributed by atoms with van der Waals surface area (Å²) >= 11 is 0. The van der Waals surface area contributed by atoms with E-state index in [0.717, 1.165) is 42.6 Å². The number of benzene rings is 4. The van der Waals surface area contributed by atoms with Gasteiger partial charge in [-0.1, -0.05) is 57.2 Å². The van der Waals surface area contributed by atoms with Gasteiger partial charge in [0, 0.05) is 29.0 Å². The lowest BCUT2D eigenvalue weighted by Gasteiger charge is -2.39. The molecule has 40 heavy (non-hydrogen) atoms. The van der Waals surface area contributed by atoms with Gasteiger partial charge in [-0.05, 0) is 73.2 Å². The van der Waals surface area contributed by atoms with Crippen LogP contribution in [0.5, 0.6) is 11.5 Å². The summed E-state index contributed by atoms with van der Waals surface area (Å²) in [5.74, 6) is 0.471. The monoisotopic (exact) mass is 536 g/mol. The first-order valence-corrected chi connectivity index (χ1v) is 14.0. The molecule has 0 aliphatic carbocycles. The number of hydrogen-bond acceptors (Lipinski definition) is 5. The zero-order valence-electron chi connectivity index (χ0n) is 23.0. The minimum Gasteiger partial charge on any atom is -0.456 e. The van der Waals surface area contributed by atoms with E-state index in [1.54, 1.807) is 24.3 Å². The Bertz CT molecular complexity index is 1590. The van der Waals surface area contributed by atoms with Gasteiger partial charge >= 0.3 is 5.97 Å². The van der Waals surface area contributed by atoms with Gasteiger partial charge in [-0.25, -0.2) is 9.18 Å². The van der Waals surface area contributed by atoms with Crippen LogP contribution in [0.1, 0.15) is 67.1 Å². The summed E-state index contributed by atoms with van der Waals surface area (Å²) in [4.78, 5) is 13.4. The predicted molar refractivity (Wildman–Crippen MR) is 156 cm³/mol. The molecule has 1 spiro atoms. The fraction of sp³-hybridized carbons (Fsp3) is 0.265. The third kappa shape index (κ3) is 4.01. The largest absolute Gasteiger partial charge is 0.456 e. The number of esters is 1. The van der Waals surface area contributed by atoms with E-state index in [1.807, 2.05) is 54.6 Å². The van der Waals surface area contributed by atoms with Crippen molar-refractivity contribution < 1.29 is 18.7 Å². The summed E-state index contributed by atoms with van der Waals surface area (Å²) in [7, 11) is 0. The average Bonchev–Trinajstić information content (AvgIpc) is 3.28. The van der Waals surface area contributed by atoms with Gasteiger partial charge in [0.1, 0.15) is 17.3 Å². The number of carbonyl (C=O) groups excluding carboxylic acids is 1. The van der Waals surface area contributed by atoms with Crippen molar-refractivity contribution in [2.45, 2.75) is 45.6 Å². The fourth-order valence-corrected chi connectivity index (χ4v) is 6.08. The molecule has 6 rings (SSSR count). The maximum Gasteiger partial charge on any atom is 0.340 e. The van der Waals surface area contributed by atoms with Gasteiger partial charge in [-0.3, -0.25) is 0 Å². The normalized spacial score (nSPS) is 16.9. The van der Waals surface area contributed by atoms with Crippen molar-refractivity contribution in [2.24, 2.45) is 5.41 Å². The number of para-hydroxylation sites is 1. The summed E-state index contributed by atoms with van der Waals surface area (Å²) < 4.78 is 27.4. The van der Waals surface area contributed by atoms with Gasteiger partial charge in [0.05, 0.1) is 16.8 Å². The molecule has 0 saturated heterocycles. The third-order valence-electron chi connectivity index (χ3n) is 8.79. The highest BCUT2D eigenvalue weighted by atomic mass is 19.1. The second-order valence-electron chi connectivity index (χ2n) is 10.6. The maximum atomic E-state index is 14.5. The Morgan fingerprint density at radius 2 is 1.52 bits per heavy atom. The molecule has 1 unspecified atom stereocenters. The Morgan fingerprint density at radius 1 is 0.800 bits per heavy atom. The number of carbonyl (C=O) groups is 1. The van der Waals surface area contributed by atoms with Crippen molar-refractivity contribution in [1.82, 2.24) is 0 Å². The first-order valence-electron chi connectivity index (χ1n) is 14.0. The van der Waals surface area contributed by atoms with Crippen LogP contribution in [0.15, 0.2) is 84.9 Å². The molecule has 0 fully saturated rings. The Labute approximate surface area is 234 Å². The molecule has 0 aromatic heterocycles. The van der Waals surface area contributed by atoms with E-state index < -0.39 is 5.60 Å². The number of nitrogens with one attached hydrogen (secondary N) is 2. The molecule has 6 heteroatoms. The topological polar surface area (TPSA) is 59.6 Å². The zero-order chi connectivity index (χ0) is 27.9. The molecule has 2 heterocycles. The van der Waals surface area contributed by atoms with Crippen molar-refractivity contribution in [3.8, 4) is 11.5 Å². The molecule has 1 atom stereocenters. The lowest BCUT2D eigenvalue weighted by atomic mass is 9.76. The summed E-state index contributed by atoms with van der Waals surface area (Å²) in [5.41, 5.74) is 3.51. The molecule has 0 amide bonds. The van der Waals surface area contributed by atoms with Crippen molar-refractivity contribution in [2.75, 3.05) is 17.2 Å². The van der Waals surface area contributed by atoms with Crippen LogP contribution in [-0.2, 0) is 10.3 Å². The SMILES string of the molecule is CCC(CC)(CC)CNc1cccc2c1C1(OC(=O)c3ccccc31)c1cc(Nc3ccccc3F)ccc1O2. The van der Waals surface area contributed by atoms with Crippen LogP contribution in [-0.4, -0.2) is 12.5 Å². The van der Waals surface area contributed by atoms with E-state index in [9.17, 15) is 9.18 Å². The van der Waals surface area contributed by atoms with Gasteiger partial charge in [0.2, 0.25) is 0 Å². The molecule has 0 radical (unpaired) electrons. The molecular formula is C34H33FN2O3. The minimum absolute atomic E-state index is 0.143. The van der Waals surface area contributed by atoms with Crippen molar-refractivity contribution in [3.63, 3.8) is 0 Å². The lowest BCUT2D eigenvalue weighted by Crippen LogP contribution is -2.35. The highest BCUT2D eigenvalue weighted by molar-refractivity contribution is 5.97. The molecule has 4 aromatic carbocycles. The van der Waals surface area contributed by atoms with E-state index in [1.165, 1.54) is 6.07 Å². The minimum atomic E-state index is -1.24. The predicted octanol–water partition coefficient (Wildman–Crippen LogP) is 8.77. The zero-order valence-corrected chi connectivity index (χ0v) is 23.0. The molecular weight excluding hydrogens is 503 g/mol. The Balaban J connectivity index is 1.54. The number of ether oxygens (including phenoxy) is 2. The van der Waals surface area contributed by atoms with Crippen LogP contribution in [0.25, 0.3) is 0 Å². The number of rotatable bonds is 8. The fourth-order valence-electron chi connectivity index (χ4n) is 6.08. The Hall–Kier alpha value is -4.32. The van der Waals surface area contributed by atoms with Crippen molar-refractivity contribution in [1.29, 1.82) is 0 Å². The number of fused-ring (bicyclic) bond motifs is 6. The lowest BCUT2D eigenvalue weighted by molar-refractivity contribution is 0.0226. The van der Waals surface area contributed by atoms with Crippen LogP contribution in [0, 0.1) is 11.2 Å². The summed E-state index contributed by atoms with van der Waals surface area (Å²) in [5, 5.41) is 6.90. The molecule has 2 aliphatic rings. The van der Waals surface area contributed by atoms with E-state index in [-0.39, 0.29) is 17.2 Å². The van der Waals surface area contributed by atoms with Crippen LogP contribution in [0.2, 0.25) is 0 Å². The van der Waals surface area contributed by atoms with Crippen LogP contribution < -0.4 is 15.4 Å². The highest BCUT2D eigenvalue weighted by Crippen LogP contribution is 2.58. The summed E-state index contributed by atoms with van der Waals surface area (Å²) in [6.45, 7) is 7.47. The van der Waals surface area contributed by atoms with Gasteiger partial charge < -0.3 is 20.1 Å². The first-order chi connectivity index (χ1) is 19.4. The second-order valence-corrected chi connectivity index (χ2v) is 10.6.